The van der Waals surface area contributed by atoms with Gasteiger partial charge in [-0.1, -0.05) is 32.0 Å². The normalized spacial score (nSPS) is 11.6. The lowest BCUT2D eigenvalue weighted by atomic mass is 10.1. The van der Waals surface area contributed by atoms with Crippen LogP contribution in [0.2, 0.25) is 0 Å². The van der Waals surface area contributed by atoms with Gasteiger partial charge in [0.05, 0.1) is 0 Å². The number of fused-ring (bicyclic) bond motifs is 1. The van der Waals surface area contributed by atoms with Gasteiger partial charge < -0.3 is 10.3 Å². The Morgan fingerprint density at radius 1 is 1.22 bits per heavy atom. The van der Waals surface area contributed by atoms with Crippen molar-refractivity contribution in [2.75, 3.05) is 6.54 Å². The molecule has 18 heavy (non-hydrogen) atoms. The molecule has 98 valence electrons. The first-order chi connectivity index (χ1) is 8.72. The number of benzene rings is 1. The van der Waals surface area contributed by atoms with E-state index in [2.05, 4.69) is 48.9 Å². The van der Waals surface area contributed by atoms with E-state index in [-0.39, 0.29) is 0 Å². The molecule has 0 unspecified atom stereocenters. The first kappa shape index (κ1) is 13.2. The SMILES string of the molecule is CC(C)CCn1cc(CCCN)c2ccccc21. The van der Waals surface area contributed by atoms with Crippen molar-refractivity contribution in [1.82, 2.24) is 4.57 Å². The largest absolute Gasteiger partial charge is 0.347 e. The number of aryl methyl sites for hydroxylation is 2. The van der Waals surface area contributed by atoms with Gasteiger partial charge in [0.1, 0.15) is 0 Å². The maximum absolute atomic E-state index is 5.62. The zero-order chi connectivity index (χ0) is 13.0. The van der Waals surface area contributed by atoms with E-state index in [0.29, 0.717) is 0 Å². The first-order valence-corrected chi connectivity index (χ1v) is 6.99. The van der Waals surface area contributed by atoms with Gasteiger partial charge in [-0.3, -0.25) is 0 Å². The summed E-state index contributed by atoms with van der Waals surface area (Å²) in [6.07, 6.45) is 5.71. The Morgan fingerprint density at radius 3 is 2.72 bits per heavy atom. The summed E-state index contributed by atoms with van der Waals surface area (Å²) in [5.41, 5.74) is 8.43. The summed E-state index contributed by atoms with van der Waals surface area (Å²) in [6, 6.07) is 8.71. The van der Waals surface area contributed by atoms with Crippen molar-refractivity contribution in [3.8, 4) is 0 Å². The molecule has 0 saturated heterocycles. The van der Waals surface area contributed by atoms with Crippen LogP contribution in [0.3, 0.4) is 0 Å². The molecule has 2 N–H and O–H groups in total. The van der Waals surface area contributed by atoms with Gasteiger partial charge in [-0.25, -0.2) is 0 Å². The van der Waals surface area contributed by atoms with Crippen LogP contribution < -0.4 is 5.73 Å². The van der Waals surface area contributed by atoms with Crippen molar-refractivity contribution in [3.05, 3.63) is 36.0 Å². The number of nitrogens with two attached hydrogens (primary N) is 1. The van der Waals surface area contributed by atoms with E-state index in [0.717, 1.165) is 31.8 Å². The second-order valence-corrected chi connectivity index (χ2v) is 5.44. The van der Waals surface area contributed by atoms with Gasteiger partial charge in [-0.2, -0.15) is 0 Å². The molecule has 0 aliphatic carbocycles. The molecule has 2 aromatic rings. The molecule has 0 atom stereocenters. The highest BCUT2D eigenvalue weighted by Gasteiger charge is 2.07. The lowest BCUT2D eigenvalue weighted by molar-refractivity contribution is 0.524. The lowest BCUT2D eigenvalue weighted by Gasteiger charge is -2.07. The van der Waals surface area contributed by atoms with Crippen molar-refractivity contribution in [2.24, 2.45) is 11.7 Å². The zero-order valence-corrected chi connectivity index (χ0v) is 11.5. The number of hydrogen-bond donors (Lipinski definition) is 1. The summed E-state index contributed by atoms with van der Waals surface area (Å²) in [5, 5.41) is 1.40. The van der Waals surface area contributed by atoms with E-state index < -0.39 is 0 Å². The molecular weight excluding hydrogens is 220 g/mol. The van der Waals surface area contributed by atoms with E-state index in [1.54, 1.807) is 0 Å². The molecule has 0 aliphatic rings. The zero-order valence-electron chi connectivity index (χ0n) is 11.5. The van der Waals surface area contributed by atoms with Crippen LogP contribution in [0.5, 0.6) is 0 Å². The Kier molecular flexibility index (Phi) is 4.43. The third-order valence-electron chi connectivity index (χ3n) is 3.47. The summed E-state index contributed by atoms with van der Waals surface area (Å²) in [7, 11) is 0. The molecule has 0 amide bonds. The molecule has 0 radical (unpaired) electrons. The molecule has 1 heterocycles. The third kappa shape index (κ3) is 2.94. The average Bonchev–Trinajstić information content (AvgIpc) is 2.72. The highest BCUT2D eigenvalue weighted by atomic mass is 15.0. The standard InChI is InChI=1S/C16H24N2/c1-13(2)9-11-18-12-14(6-5-10-17)15-7-3-4-8-16(15)18/h3-4,7-8,12-13H,5-6,9-11,17H2,1-2H3. The van der Waals surface area contributed by atoms with Crippen molar-refractivity contribution in [2.45, 2.75) is 39.7 Å². The third-order valence-corrected chi connectivity index (χ3v) is 3.47. The highest BCUT2D eigenvalue weighted by molar-refractivity contribution is 5.83. The van der Waals surface area contributed by atoms with E-state index in [1.165, 1.54) is 22.9 Å². The quantitative estimate of drug-likeness (QED) is 0.827. The summed E-state index contributed by atoms with van der Waals surface area (Å²) < 4.78 is 2.40. The van der Waals surface area contributed by atoms with Gasteiger partial charge in [-0.15, -0.1) is 0 Å². The van der Waals surface area contributed by atoms with Crippen LogP contribution in [0.25, 0.3) is 10.9 Å². The van der Waals surface area contributed by atoms with Crippen LogP contribution in [0.1, 0.15) is 32.3 Å². The van der Waals surface area contributed by atoms with Gasteiger partial charge in [0, 0.05) is 23.6 Å². The molecule has 2 heteroatoms. The molecule has 0 fully saturated rings. The average molecular weight is 244 g/mol. The summed E-state index contributed by atoms with van der Waals surface area (Å²) in [4.78, 5) is 0. The molecule has 1 aromatic heterocycles. The van der Waals surface area contributed by atoms with Crippen LogP contribution in [-0.2, 0) is 13.0 Å². The van der Waals surface area contributed by atoms with Crippen LogP contribution in [-0.4, -0.2) is 11.1 Å². The Balaban J connectivity index is 2.28. The van der Waals surface area contributed by atoms with E-state index in [4.69, 9.17) is 5.73 Å². The van der Waals surface area contributed by atoms with Gasteiger partial charge in [0.2, 0.25) is 0 Å². The van der Waals surface area contributed by atoms with Crippen molar-refractivity contribution in [3.63, 3.8) is 0 Å². The fourth-order valence-corrected chi connectivity index (χ4v) is 2.40. The highest BCUT2D eigenvalue weighted by Crippen LogP contribution is 2.23. The number of aromatic nitrogens is 1. The maximum Gasteiger partial charge on any atom is 0.0483 e. The Morgan fingerprint density at radius 2 is 2.00 bits per heavy atom. The minimum absolute atomic E-state index is 0.749. The Bertz CT molecular complexity index is 497. The number of para-hydroxylation sites is 1. The van der Waals surface area contributed by atoms with Crippen LogP contribution in [0.4, 0.5) is 0 Å². The van der Waals surface area contributed by atoms with Gasteiger partial charge in [-0.05, 0) is 43.4 Å². The molecule has 2 rings (SSSR count). The molecular formula is C16H24N2. The lowest BCUT2D eigenvalue weighted by Crippen LogP contribution is -2.01. The fraction of sp³-hybridized carbons (Fsp3) is 0.500. The van der Waals surface area contributed by atoms with E-state index >= 15 is 0 Å². The predicted octanol–water partition coefficient (Wildman–Crippen LogP) is 3.58. The van der Waals surface area contributed by atoms with Gasteiger partial charge in [0.25, 0.3) is 0 Å². The van der Waals surface area contributed by atoms with Gasteiger partial charge >= 0.3 is 0 Å². The van der Waals surface area contributed by atoms with Crippen LogP contribution >= 0.6 is 0 Å². The molecule has 0 aliphatic heterocycles. The number of rotatable bonds is 6. The number of nitrogens with zero attached hydrogens (tertiary/aromatic N) is 1. The van der Waals surface area contributed by atoms with Crippen molar-refractivity contribution >= 4 is 10.9 Å². The number of hydrogen-bond acceptors (Lipinski definition) is 1. The van der Waals surface area contributed by atoms with E-state index in [1.807, 2.05) is 0 Å². The van der Waals surface area contributed by atoms with Crippen molar-refractivity contribution in [1.29, 1.82) is 0 Å². The monoisotopic (exact) mass is 244 g/mol. The topological polar surface area (TPSA) is 30.9 Å². The predicted molar refractivity (Wildman–Crippen MR) is 78.8 cm³/mol. The molecule has 0 spiro atoms. The summed E-state index contributed by atoms with van der Waals surface area (Å²) in [6.45, 7) is 6.44. The fourth-order valence-electron chi connectivity index (χ4n) is 2.40. The molecule has 1 aromatic carbocycles. The first-order valence-electron chi connectivity index (χ1n) is 6.99. The second-order valence-electron chi connectivity index (χ2n) is 5.44. The second kappa shape index (κ2) is 6.05. The smallest absolute Gasteiger partial charge is 0.0483 e. The van der Waals surface area contributed by atoms with Crippen LogP contribution in [0.15, 0.2) is 30.5 Å². The molecule has 2 nitrogen and oxygen atoms in total. The minimum Gasteiger partial charge on any atom is -0.347 e. The van der Waals surface area contributed by atoms with Crippen LogP contribution in [0, 0.1) is 5.92 Å². The Labute approximate surface area is 110 Å². The van der Waals surface area contributed by atoms with Gasteiger partial charge in [0.15, 0.2) is 0 Å². The summed E-state index contributed by atoms with van der Waals surface area (Å²) in [5.74, 6) is 0.749. The summed E-state index contributed by atoms with van der Waals surface area (Å²) >= 11 is 0. The maximum atomic E-state index is 5.62. The Hall–Kier alpha value is -1.28. The van der Waals surface area contributed by atoms with E-state index in [9.17, 15) is 0 Å². The minimum atomic E-state index is 0.749. The van der Waals surface area contributed by atoms with Crippen molar-refractivity contribution < 1.29 is 0 Å². The molecule has 0 saturated carbocycles. The molecule has 0 bridgehead atoms.